The molecule has 2 aromatic carbocycles. The molecular weight excluding hydrogens is 372 g/mol. The van der Waals surface area contributed by atoms with Crippen LogP contribution >= 0.6 is 11.6 Å². The Kier molecular flexibility index (Phi) is 5.42. The Morgan fingerprint density at radius 3 is 2.57 bits per heavy atom. The number of hydrogen-bond acceptors (Lipinski definition) is 3. The molecule has 4 nitrogen and oxygen atoms in total. The molecule has 0 unspecified atom stereocenters. The Morgan fingerprint density at radius 1 is 1.11 bits per heavy atom. The molecule has 0 saturated carbocycles. The molecular formula is C23H25ClN2O2. The van der Waals surface area contributed by atoms with Gasteiger partial charge in [-0.2, -0.15) is 5.10 Å². The molecule has 146 valence electrons. The first-order valence-electron chi connectivity index (χ1n) is 9.68. The van der Waals surface area contributed by atoms with Crippen LogP contribution in [-0.2, 0) is 17.6 Å². The van der Waals surface area contributed by atoms with Gasteiger partial charge in [0.2, 0.25) is 0 Å². The highest BCUT2D eigenvalue weighted by Crippen LogP contribution is 2.37. The fourth-order valence-corrected chi connectivity index (χ4v) is 3.85. The zero-order valence-corrected chi connectivity index (χ0v) is 17.2. The van der Waals surface area contributed by atoms with Crippen LogP contribution in [0.15, 0.2) is 48.5 Å². The molecule has 28 heavy (non-hydrogen) atoms. The van der Waals surface area contributed by atoms with E-state index in [1.54, 1.807) is 7.11 Å². The molecule has 0 bridgehead atoms. The summed E-state index contributed by atoms with van der Waals surface area (Å²) in [5.41, 5.74) is 5.47. The minimum absolute atomic E-state index is 0.193. The normalized spacial score (nSPS) is 15.8. The van der Waals surface area contributed by atoms with Gasteiger partial charge in [0.05, 0.1) is 24.6 Å². The summed E-state index contributed by atoms with van der Waals surface area (Å²) in [6.07, 6.45) is 1.90. The van der Waals surface area contributed by atoms with E-state index in [-0.39, 0.29) is 6.10 Å². The van der Waals surface area contributed by atoms with Crippen LogP contribution < -0.4 is 4.74 Å². The standard InChI is InChI=1S/C23H25ClN2O2/c1-15(2)14-28-18-12-19-20(13-18)25-26(21-6-4-5-7-22(21)27-3)23(19)16-8-10-17(24)11-9-16/h4-11,15,18H,12-14H2,1-3H3/t18-/m0/s1. The van der Waals surface area contributed by atoms with Crippen molar-refractivity contribution in [2.24, 2.45) is 5.92 Å². The largest absolute Gasteiger partial charge is 0.494 e. The second-order valence-corrected chi connectivity index (χ2v) is 8.06. The molecule has 0 N–H and O–H groups in total. The van der Waals surface area contributed by atoms with Crippen molar-refractivity contribution in [2.45, 2.75) is 32.8 Å². The molecule has 0 spiro atoms. The van der Waals surface area contributed by atoms with E-state index < -0.39 is 0 Å². The van der Waals surface area contributed by atoms with Gasteiger partial charge in [0.1, 0.15) is 11.4 Å². The number of para-hydroxylation sites is 2. The van der Waals surface area contributed by atoms with Crippen molar-refractivity contribution < 1.29 is 9.47 Å². The number of hydrogen-bond donors (Lipinski definition) is 0. The van der Waals surface area contributed by atoms with Crippen molar-refractivity contribution in [3.05, 3.63) is 64.8 Å². The minimum Gasteiger partial charge on any atom is -0.494 e. The number of methoxy groups -OCH3 is 1. The maximum absolute atomic E-state index is 6.13. The van der Waals surface area contributed by atoms with Crippen molar-refractivity contribution in [1.82, 2.24) is 9.78 Å². The zero-order chi connectivity index (χ0) is 19.7. The highest BCUT2D eigenvalue weighted by Gasteiger charge is 2.31. The third-order valence-corrected chi connectivity index (χ3v) is 5.27. The molecule has 3 aromatic rings. The number of fused-ring (bicyclic) bond motifs is 1. The lowest BCUT2D eigenvalue weighted by Gasteiger charge is -2.16. The van der Waals surface area contributed by atoms with E-state index in [9.17, 15) is 0 Å². The number of benzene rings is 2. The number of aromatic nitrogens is 2. The van der Waals surface area contributed by atoms with Gasteiger partial charge in [-0.15, -0.1) is 0 Å². The van der Waals surface area contributed by atoms with Crippen LogP contribution in [0.3, 0.4) is 0 Å². The summed E-state index contributed by atoms with van der Waals surface area (Å²) in [5.74, 6) is 1.32. The van der Waals surface area contributed by atoms with Gasteiger partial charge in [0.15, 0.2) is 0 Å². The summed E-state index contributed by atoms with van der Waals surface area (Å²) in [6.45, 7) is 5.13. The van der Waals surface area contributed by atoms with Gasteiger partial charge >= 0.3 is 0 Å². The van der Waals surface area contributed by atoms with Crippen molar-refractivity contribution >= 4 is 11.6 Å². The van der Waals surface area contributed by atoms with Gasteiger partial charge in [-0.05, 0) is 30.2 Å². The van der Waals surface area contributed by atoms with E-state index in [0.29, 0.717) is 5.92 Å². The molecule has 1 atom stereocenters. The van der Waals surface area contributed by atoms with Gasteiger partial charge in [0, 0.05) is 35.6 Å². The molecule has 0 radical (unpaired) electrons. The molecule has 1 aliphatic carbocycles. The summed E-state index contributed by atoms with van der Waals surface area (Å²) in [6, 6.07) is 15.9. The van der Waals surface area contributed by atoms with Gasteiger partial charge in [-0.25, -0.2) is 4.68 Å². The lowest BCUT2D eigenvalue weighted by atomic mass is 10.1. The van der Waals surface area contributed by atoms with Gasteiger partial charge in [0.25, 0.3) is 0 Å². The van der Waals surface area contributed by atoms with Crippen molar-refractivity contribution in [3.8, 4) is 22.7 Å². The van der Waals surface area contributed by atoms with Crippen molar-refractivity contribution in [2.75, 3.05) is 13.7 Å². The summed E-state index contributed by atoms with van der Waals surface area (Å²) in [4.78, 5) is 0. The van der Waals surface area contributed by atoms with Crippen molar-refractivity contribution in [3.63, 3.8) is 0 Å². The van der Waals surface area contributed by atoms with E-state index in [1.165, 1.54) is 5.56 Å². The zero-order valence-electron chi connectivity index (χ0n) is 16.5. The Balaban J connectivity index is 1.79. The predicted molar refractivity (Wildman–Crippen MR) is 113 cm³/mol. The van der Waals surface area contributed by atoms with Crippen LogP contribution in [-0.4, -0.2) is 29.6 Å². The number of nitrogens with zero attached hydrogens (tertiary/aromatic N) is 2. The average Bonchev–Trinajstić information content (AvgIpc) is 3.24. The van der Waals surface area contributed by atoms with Crippen LogP contribution in [0.2, 0.25) is 5.02 Å². The van der Waals surface area contributed by atoms with E-state index in [2.05, 4.69) is 13.8 Å². The predicted octanol–water partition coefficient (Wildman–Crippen LogP) is 5.34. The quantitative estimate of drug-likeness (QED) is 0.564. The van der Waals surface area contributed by atoms with E-state index >= 15 is 0 Å². The fourth-order valence-electron chi connectivity index (χ4n) is 3.72. The van der Waals surface area contributed by atoms with Crippen LogP contribution in [0.1, 0.15) is 25.1 Å². The molecule has 5 heteroatoms. The minimum atomic E-state index is 0.193. The maximum atomic E-state index is 6.13. The van der Waals surface area contributed by atoms with Crippen LogP contribution in [0.4, 0.5) is 0 Å². The lowest BCUT2D eigenvalue weighted by molar-refractivity contribution is 0.0422. The van der Waals surface area contributed by atoms with Gasteiger partial charge in [-0.1, -0.05) is 49.7 Å². The topological polar surface area (TPSA) is 36.3 Å². The smallest absolute Gasteiger partial charge is 0.144 e. The monoisotopic (exact) mass is 396 g/mol. The highest BCUT2D eigenvalue weighted by molar-refractivity contribution is 6.30. The molecule has 0 amide bonds. The maximum Gasteiger partial charge on any atom is 0.144 e. The average molecular weight is 397 g/mol. The Labute approximate surface area is 171 Å². The van der Waals surface area contributed by atoms with E-state index in [1.807, 2.05) is 53.2 Å². The highest BCUT2D eigenvalue weighted by atomic mass is 35.5. The summed E-state index contributed by atoms with van der Waals surface area (Å²) in [5, 5.41) is 5.69. The third kappa shape index (κ3) is 3.67. The molecule has 0 aliphatic heterocycles. The molecule has 0 saturated heterocycles. The first kappa shape index (κ1) is 19.0. The number of ether oxygens (including phenoxy) is 2. The SMILES string of the molecule is COc1ccccc1-n1nc2c(c1-c1ccc(Cl)cc1)C[C@H](OCC(C)C)C2. The Morgan fingerprint density at radius 2 is 1.86 bits per heavy atom. The molecule has 4 rings (SSSR count). The second kappa shape index (κ2) is 7.98. The van der Waals surface area contributed by atoms with E-state index in [0.717, 1.165) is 52.9 Å². The Bertz CT molecular complexity index is 963. The van der Waals surface area contributed by atoms with Crippen LogP contribution in [0.25, 0.3) is 16.9 Å². The summed E-state index contributed by atoms with van der Waals surface area (Å²) < 4.78 is 13.7. The Hall–Kier alpha value is -2.30. The van der Waals surface area contributed by atoms with Crippen LogP contribution in [0.5, 0.6) is 5.75 Å². The van der Waals surface area contributed by atoms with Crippen LogP contribution in [0, 0.1) is 5.92 Å². The molecule has 1 aromatic heterocycles. The number of rotatable bonds is 6. The van der Waals surface area contributed by atoms with Gasteiger partial charge < -0.3 is 9.47 Å². The van der Waals surface area contributed by atoms with Crippen molar-refractivity contribution in [1.29, 1.82) is 0 Å². The lowest BCUT2D eigenvalue weighted by Crippen LogP contribution is -2.17. The fraction of sp³-hybridized carbons (Fsp3) is 0.348. The number of halogens is 1. The summed E-state index contributed by atoms with van der Waals surface area (Å²) in [7, 11) is 1.69. The first-order chi connectivity index (χ1) is 13.6. The third-order valence-electron chi connectivity index (χ3n) is 5.02. The molecule has 1 aliphatic rings. The van der Waals surface area contributed by atoms with Gasteiger partial charge in [-0.3, -0.25) is 0 Å². The molecule has 1 heterocycles. The second-order valence-electron chi connectivity index (χ2n) is 7.62. The summed E-state index contributed by atoms with van der Waals surface area (Å²) >= 11 is 6.13. The molecule has 0 fully saturated rings. The van der Waals surface area contributed by atoms with E-state index in [4.69, 9.17) is 26.2 Å². The first-order valence-corrected chi connectivity index (χ1v) is 10.1.